The van der Waals surface area contributed by atoms with E-state index < -0.39 is 0 Å². The van der Waals surface area contributed by atoms with Gasteiger partial charge in [0.15, 0.2) is 0 Å². The molecule has 0 saturated carbocycles. The Morgan fingerprint density at radius 1 is 1.44 bits per heavy atom. The monoisotopic (exact) mass is 232 g/mol. The highest BCUT2D eigenvalue weighted by Crippen LogP contribution is 2.36. The fourth-order valence-corrected chi connectivity index (χ4v) is 3.23. The first kappa shape index (κ1) is 11.3. The molecule has 1 N–H and O–H groups in total. The molecule has 2 rings (SSSR count). The molecule has 1 aromatic carbocycles. The van der Waals surface area contributed by atoms with E-state index in [1.54, 1.807) is 0 Å². The van der Waals surface area contributed by atoms with Gasteiger partial charge in [-0.1, -0.05) is 24.6 Å². The van der Waals surface area contributed by atoms with Crippen molar-refractivity contribution in [2.75, 3.05) is 11.1 Å². The van der Waals surface area contributed by atoms with Crippen molar-refractivity contribution in [1.82, 2.24) is 0 Å². The predicted molar refractivity (Wildman–Crippen MR) is 69.7 cm³/mol. The van der Waals surface area contributed by atoms with Gasteiger partial charge in [-0.15, -0.1) is 0 Å². The first-order chi connectivity index (χ1) is 7.63. The van der Waals surface area contributed by atoms with Crippen LogP contribution in [0.1, 0.15) is 18.9 Å². The second kappa shape index (κ2) is 4.39. The van der Waals surface area contributed by atoms with Gasteiger partial charge in [0.1, 0.15) is 5.54 Å². The third kappa shape index (κ3) is 2.33. The molecule has 16 heavy (non-hydrogen) atoms. The number of nitriles is 1. The maximum Gasteiger partial charge on any atom is 0.135 e. The van der Waals surface area contributed by atoms with Crippen LogP contribution in [0.5, 0.6) is 0 Å². The van der Waals surface area contributed by atoms with Gasteiger partial charge in [0, 0.05) is 16.7 Å². The molecule has 1 saturated heterocycles. The van der Waals surface area contributed by atoms with Gasteiger partial charge < -0.3 is 5.32 Å². The van der Waals surface area contributed by atoms with Gasteiger partial charge >= 0.3 is 0 Å². The van der Waals surface area contributed by atoms with Crippen LogP contribution in [0.4, 0.5) is 5.69 Å². The van der Waals surface area contributed by atoms with Gasteiger partial charge in [0.25, 0.3) is 0 Å². The van der Waals surface area contributed by atoms with E-state index in [2.05, 4.69) is 37.4 Å². The van der Waals surface area contributed by atoms with Crippen LogP contribution < -0.4 is 5.32 Å². The molecule has 1 aromatic rings. The fourth-order valence-electron chi connectivity index (χ4n) is 2.00. The second-order valence-corrected chi connectivity index (χ2v) is 5.94. The van der Waals surface area contributed by atoms with Gasteiger partial charge in [-0.25, -0.2) is 0 Å². The van der Waals surface area contributed by atoms with Gasteiger partial charge in [-0.05, 0) is 25.5 Å². The highest BCUT2D eigenvalue weighted by molar-refractivity contribution is 8.00. The number of thioether (sulfide) groups is 1. The van der Waals surface area contributed by atoms with Crippen molar-refractivity contribution >= 4 is 17.4 Å². The van der Waals surface area contributed by atoms with E-state index in [-0.39, 0.29) is 5.54 Å². The number of rotatable bonds is 2. The van der Waals surface area contributed by atoms with Crippen molar-refractivity contribution in [2.45, 2.75) is 31.1 Å². The van der Waals surface area contributed by atoms with Crippen molar-refractivity contribution < 1.29 is 0 Å². The summed E-state index contributed by atoms with van der Waals surface area (Å²) in [6.07, 6.45) is 0.919. The van der Waals surface area contributed by atoms with Crippen LogP contribution in [0.3, 0.4) is 0 Å². The van der Waals surface area contributed by atoms with E-state index >= 15 is 0 Å². The lowest BCUT2D eigenvalue weighted by atomic mass is 9.97. The molecular weight excluding hydrogens is 216 g/mol. The van der Waals surface area contributed by atoms with Crippen LogP contribution in [0.25, 0.3) is 0 Å². The predicted octanol–water partition coefficient (Wildman–Crippen LogP) is 3.19. The molecule has 2 unspecified atom stereocenters. The Labute approximate surface area is 101 Å². The number of benzene rings is 1. The van der Waals surface area contributed by atoms with Gasteiger partial charge in [-0.3, -0.25) is 0 Å². The molecule has 1 fully saturated rings. The molecule has 3 heteroatoms. The third-order valence-electron chi connectivity index (χ3n) is 2.90. The lowest BCUT2D eigenvalue weighted by Gasteiger charge is -2.23. The first-order valence-corrected chi connectivity index (χ1v) is 6.56. The van der Waals surface area contributed by atoms with Crippen LogP contribution >= 0.6 is 11.8 Å². The number of nitrogens with zero attached hydrogens (tertiary/aromatic N) is 1. The zero-order valence-corrected chi connectivity index (χ0v) is 10.5. The van der Waals surface area contributed by atoms with Crippen molar-refractivity contribution in [3.63, 3.8) is 0 Å². The Bertz CT molecular complexity index is 407. The first-order valence-electron chi connectivity index (χ1n) is 5.51. The lowest BCUT2D eigenvalue weighted by Crippen LogP contribution is -2.36. The van der Waals surface area contributed by atoms with Crippen LogP contribution in [0.2, 0.25) is 0 Å². The minimum absolute atomic E-state index is 0.376. The smallest absolute Gasteiger partial charge is 0.135 e. The van der Waals surface area contributed by atoms with E-state index in [9.17, 15) is 5.26 Å². The molecule has 2 nitrogen and oxygen atoms in total. The summed E-state index contributed by atoms with van der Waals surface area (Å²) in [5, 5.41) is 13.3. The highest BCUT2D eigenvalue weighted by Gasteiger charge is 2.38. The molecule has 0 bridgehead atoms. The zero-order valence-electron chi connectivity index (χ0n) is 9.66. The van der Waals surface area contributed by atoms with E-state index in [4.69, 9.17) is 0 Å². The van der Waals surface area contributed by atoms with E-state index in [1.165, 1.54) is 5.56 Å². The van der Waals surface area contributed by atoms with Crippen LogP contribution in [0.15, 0.2) is 24.3 Å². The van der Waals surface area contributed by atoms with Crippen molar-refractivity contribution in [3.8, 4) is 6.07 Å². The lowest BCUT2D eigenvalue weighted by molar-refractivity contribution is 0.626. The Morgan fingerprint density at radius 3 is 2.62 bits per heavy atom. The van der Waals surface area contributed by atoms with Crippen molar-refractivity contribution in [2.24, 2.45) is 0 Å². The molecule has 1 aliphatic rings. The quantitative estimate of drug-likeness (QED) is 0.850. The molecule has 0 aromatic heterocycles. The number of hydrogen-bond donors (Lipinski definition) is 1. The normalized spacial score (nSPS) is 28.7. The van der Waals surface area contributed by atoms with E-state index in [0.29, 0.717) is 5.25 Å². The van der Waals surface area contributed by atoms with Crippen molar-refractivity contribution in [1.29, 1.82) is 5.26 Å². The zero-order chi connectivity index (χ0) is 11.6. The van der Waals surface area contributed by atoms with E-state index in [0.717, 1.165) is 17.9 Å². The summed E-state index contributed by atoms with van der Waals surface area (Å²) in [5.41, 5.74) is 1.91. The average Bonchev–Trinajstić information content (AvgIpc) is 2.64. The van der Waals surface area contributed by atoms with E-state index in [1.807, 2.05) is 23.9 Å². The fraction of sp³-hybridized carbons (Fsp3) is 0.462. The Kier molecular flexibility index (Phi) is 3.11. The number of nitrogens with one attached hydrogen (secondary N) is 1. The van der Waals surface area contributed by atoms with Crippen LogP contribution in [0, 0.1) is 18.3 Å². The standard InChI is InChI=1S/C13H16N2S/c1-10-3-5-12(6-4-10)15-13(8-14)7-11(2)16-9-13/h3-6,11,15H,7,9H2,1-2H3. The topological polar surface area (TPSA) is 35.8 Å². The summed E-state index contributed by atoms with van der Waals surface area (Å²) < 4.78 is 0. The van der Waals surface area contributed by atoms with Crippen LogP contribution in [-0.2, 0) is 0 Å². The molecule has 0 spiro atoms. The summed E-state index contributed by atoms with van der Waals surface area (Å²) in [6, 6.07) is 10.7. The number of anilines is 1. The van der Waals surface area contributed by atoms with Gasteiger partial charge in [0.2, 0.25) is 0 Å². The van der Waals surface area contributed by atoms with Crippen molar-refractivity contribution in [3.05, 3.63) is 29.8 Å². The maximum atomic E-state index is 9.32. The maximum absolute atomic E-state index is 9.32. The third-order valence-corrected chi connectivity index (χ3v) is 4.29. The highest BCUT2D eigenvalue weighted by atomic mass is 32.2. The largest absolute Gasteiger partial charge is 0.367 e. The SMILES string of the molecule is Cc1ccc(NC2(C#N)CSC(C)C2)cc1. The van der Waals surface area contributed by atoms with Gasteiger partial charge in [0.05, 0.1) is 6.07 Å². The number of hydrogen-bond acceptors (Lipinski definition) is 3. The molecule has 0 radical (unpaired) electrons. The Balaban J connectivity index is 2.14. The second-order valence-electron chi connectivity index (χ2n) is 4.51. The van der Waals surface area contributed by atoms with Gasteiger partial charge in [-0.2, -0.15) is 17.0 Å². The molecule has 0 aliphatic carbocycles. The Morgan fingerprint density at radius 2 is 2.12 bits per heavy atom. The average molecular weight is 232 g/mol. The summed E-state index contributed by atoms with van der Waals surface area (Å²) in [6.45, 7) is 4.25. The molecular formula is C13H16N2S. The minimum Gasteiger partial charge on any atom is -0.367 e. The molecule has 1 aliphatic heterocycles. The minimum atomic E-state index is -0.376. The molecule has 2 atom stereocenters. The summed E-state index contributed by atoms with van der Waals surface area (Å²) in [7, 11) is 0. The summed E-state index contributed by atoms with van der Waals surface area (Å²) >= 11 is 1.87. The number of aryl methyl sites for hydroxylation is 1. The molecule has 0 amide bonds. The summed E-state index contributed by atoms with van der Waals surface area (Å²) in [4.78, 5) is 0. The molecule has 1 heterocycles. The summed E-state index contributed by atoms with van der Waals surface area (Å²) in [5.74, 6) is 0.874. The van der Waals surface area contributed by atoms with Crippen LogP contribution in [-0.4, -0.2) is 16.5 Å². The Hall–Kier alpha value is -1.14. The molecule has 84 valence electrons.